The Morgan fingerprint density at radius 2 is 1.73 bits per heavy atom. The van der Waals surface area contributed by atoms with Gasteiger partial charge in [-0.1, -0.05) is 22.0 Å². The maximum Gasteiger partial charge on any atom is 0.343 e. The molecular weight excluding hydrogens is 494 g/mol. The summed E-state index contributed by atoms with van der Waals surface area (Å²) in [5, 5.41) is 14.6. The molecule has 0 aliphatic rings. The highest BCUT2D eigenvalue weighted by Gasteiger charge is 2.15. The first-order valence-electron chi connectivity index (χ1n) is 9.63. The Bertz CT molecular complexity index is 1180. The van der Waals surface area contributed by atoms with Gasteiger partial charge in [-0.15, -0.1) is 0 Å². The lowest BCUT2D eigenvalue weighted by Gasteiger charge is -2.12. The average molecular weight is 512 g/mol. The predicted molar refractivity (Wildman–Crippen MR) is 124 cm³/mol. The molecule has 3 aromatic carbocycles. The summed E-state index contributed by atoms with van der Waals surface area (Å²) in [4.78, 5) is 34.5. The minimum atomic E-state index is -0.872. The lowest BCUT2D eigenvalue weighted by Crippen LogP contribution is -2.33. The minimum Gasteiger partial charge on any atom is -0.481 e. The minimum absolute atomic E-state index is 0.0713. The zero-order chi connectivity index (χ0) is 23.8. The maximum atomic E-state index is 12.2. The molecule has 0 heterocycles. The van der Waals surface area contributed by atoms with Crippen LogP contribution in [-0.2, 0) is 4.79 Å². The molecule has 0 aliphatic carbocycles. The summed E-state index contributed by atoms with van der Waals surface area (Å²) in [6.45, 7) is 1.53. The Balaban J connectivity index is 1.49. The third-order valence-corrected chi connectivity index (χ3v) is 4.76. The Morgan fingerprint density at radius 1 is 1.06 bits per heavy atom. The third-order valence-electron chi connectivity index (χ3n) is 4.27. The van der Waals surface area contributed by atoms with Gasteiger partial charge >= 0.3 is 5.97 Å². The van der Waals surface area contributed by atoms with Gasteiger partial charge in [-0.25, -0.2) is 10.2 Å². The molecule has 0 spiro atoms. The van der Waals surface area contributed by atoms with Crippen LogP contribution in [0.4, 0.5) is 5.69 Å². The second-order valence-corrected chi connectivity index (χ2v) is 7.63. The zero-order valence-electron chi connectivity index (χ0n) is 17.3. The van der Waals surface area contributed by atoms with Crippen molar-refractivity contribution in [3.63, 3.8) is 0 Å². The summed E-state index contributed by atoms with van der Waals surface area (Å²) < 4.78 is 11.6. The van der Waals surface area contributed by atoms with Crippen LogP contribution in [0, 0.1) is 10.1 Å². The van der Waals surface area contributed by atoms with Crippen LogP contribution in [0.3, 0.4) is 0 Å². The highest BCUT2D eigenvalue weighted by molar-refractivity contribution is 9.10. The molecule has 0 aromatic heterocycles. The highest BCUT2D eigenvalue weighted by Crippen LogP contribution is 2.19. The first-order chi connectivity index (χ1) is 15.8. The number of rotatable bonds is 8. The molecule has 1 atom stereocenters. The SMILES string of the molecule is CC(Oc1ccc([N+](=O)[O-])cc1)C(=O)N/N=C/c1ccc(OC(=O)c2cccc(Br)c2)cc1. The van der Waals surface area contributed by atoms with Gasteiger partial charge in [0.15, 0.2) is 6.10 Å². The third kappa shape index (κ3) is 6.97. The first kappa shape index (κ1) is 23.6. The number of amides is 1. The topological polar surface area (TPSA) is 120 Å². The van der Waals surface area contributed by atoms with Gasteiger partial charge in [0, 0.05) is 16.6 Å². The number of nitrogens with zero attached hydrogens (tertiary/aromatic N) is 2. The second kappa shape index (κ2) is 11.0. The number of hydrazone groups is 1. The smallest absolute Gasteiger partial charge is 0.343 e. The number of nitrogens with one attached hydrogen (secondary N) is 1. The Labute approximate surface area is 197 Å². The number of nitro groups is 1. The molecule has 0 radical (unpaired) electrons. The fraction of sp³-hybridized carbons (Fsp3) is 0.0870. The quantitative estimate of drug-likeness (QED) is 0.156. The number of carbonyl (C=O) groups excluding carboxylic acids is 2. The van der Waals surface area contributed by atoms with Crippen molar-refractivity contribution in [1.29, 1.82) is 0 Å². The van der Waals surface area contributed by atoms with Gasteiger partial charge in [0.2, 0.25) is 0 Å². The number of halogens is 1. The number of esters is 1. The molecule has 1 N–H and O–H groups in total. The van der Waals surface area contributed by atoms with E-state index in [-0.39, 0.29) is 5.69 Å². The van der Waals surface area contributed by atoms with Crippen molar-refractivity contribution in [2.24, 2.45) is 5.10 Å². The Hall–Kier alpha value is -4.05. The molecule has 0 saturated heterocycles. The summed E-state index contributed by atoms with van der Waals surface area (Å²) in [7, 11) is 0. The van der Waals surface area contributed by atoms with E-state index >= 15 is 0 Å². The number of non-ortho nitro benzene ring substituents is 1. The van der Waals surface area contributed by atoms with Gasteiger partial charge in [-0.05, 0) is 67.1 Å². The Morgan fingerprint density at radius 3 is 2.36 bits per heavy atom. The molecule has 10 heteroatoms. The van der Waals surface area contributed by atoms with Crippen molar-refractivity contribution in [3.05, 3.63) is 98.5 Å². The van der Waals surface area contributed by atoms with Crippen LogP contribution in [0.2, 0.25) is 0 Å². The van der Waals surface area contributed by atoms with E-state index < -0.39 is 22.9 Å². The zero-order valence-corrected chi connectivity index (χ0v) is 18.9. The predicted octanol–water partition coefficient (Wildman–Crippen LogP) is 4.49. The molecule has 0 saturated carbocycles. The lowest BCUT2D eigenvalue weighted by atomic mass is 10.2. The fourth-order valence-corrected chi connectivity index (χ4v) is 2.97. The van der Waals surface area contributed by atoms with Gasteiger partial charge in [0.25, 0.3) is 11.6 Å². The van der Waals surface area contributed by atoms with Gasteiger partial charge in [-0.2, -0.15) is 5.10 Å². The number of hydrogen-bond acceptors (Lipinski definition) is 7. The van der Waals surface area contributed by atoms with Crippen LogP contribution in [0.5, 0.6) is 11.5 Å². The van der Waals surface area contributed by atoms with Crippen molar-refractivity contribution in [3.8, 4) is 11.5 Å². The summed E-state index contributed by atoms with van der Waals surface area (Å²) >= 11 is 3.31. The van der Waals surface area contributed by atoms with Crippen LogP contribution >= 0.6 is 15.9 Å². The molecule has 1 unspecified atom stereocenters. The molecule has 0 aliphatic heterocycles. The van der Waals surface area contributed by atoms with E-state index in [1.807, 2.05) is 6.07 Å². The van der Waals surface area contributed by atoms with E-state index in [1.165, 1.54) is 37.4 Å². The molecule has 33 heavy (non-hydrogen) atoms. The van der Waals surface area contributed by atoms with Crippen LogP contribution in [0.15, 0.2) is 82.4 Å². The number of hydrogen-bond donors (Lipinski definition) is 1. The molecule has 3 aromatic rings. The first-order valence-corrected chi connectivity index (χ1v) is 10.4. The van der Waals surface area contributed by atoms with Gasteiger partial charge in [-0.3, -0.25) is 14.9 Å². The largest absolute Gasteiger partial charge is 0.481 e. The van der Waals surface area contributed by atoms with Crippen LogP contribution in [0.25, 0.3) is 0 Å². The lowest BCUT2D eigenvalue weighted by molar-refractivity contribution is -0.384. The van der Waals surface area contributed by atoms with E-state index in [4.69, 9.17) is 9.47 Å². The summed E-state index contributed by atoms with van der Waals surface area (Å²) in [6.07, 6.45) is 0.555. The van der Waals surface area contributed by atoms with Crippen molar-refractivity contribution in [2.45, 2.75) is 13.0 Å². The van der Waals surface area contributed by atoms with Gasteiger partial charge in [0.05, 0.1) is 16.7 Å². The van der Waals surface area contributed by atoms with E-state index in [2.05, 4.69) is 26.5 Å². The van der Waals surface area contributed by atoms with E-state index in [0.29, 0.717) is 22.6 Å². The fourth-order valence-electron chi connectivity index (χ4n) is 2.57. The van der Waals surface area contributed by atoms with Crippen molar-refractivity contribution in [2.75, 3.05) is 0 Å². The summed E-state index contributed by atoms with van der Waals surface area (Å²) in [5.74, 6) is -0.289. The van der Waals surface area contributed by atoms with Crippen molar-refractivity contribution < 1.29 is 24.0 Å². The maximum absolute atomic E-state index is 12.2. The molecule has 0 fully saturated rings. The number of carbonyl (C=O) groups is 2. The Kier molecular flexibility index (Phi) is 7.87. The van der Waals surface area contributed by atoms with E-state index in [9.17, 15) is 19.7 Å². The van der Waals surface area contributed by atoms with Crippen molar-refractivity contribution >= 4 is 39.7 Å². The van der Waals surface area contributed by atoms with Crippen LogP contribution in [-0.4, -0.2) is 29.1 Å². The normalized spacial score (nSPS) is 11.6. The molecule has 1 amide bonds. The summed E-state index contributed by atoms with van der Waals surface area (Å²) in [6, 6.07) is 18.9. The van der Waals surface area contributed by atoms with Crippen molar-refractivity contribution in [1.82, 2.24) is 5.43 Å². The number of benzene rings is 3. The summed E-state index contributed by atoms with van der Waals surface area (Å²) in [5.41, 5.74) is 3.38. The second-order valence-electron chi connectivity index (χ2n) is 6.71. The molecule has 9 nitrogen and oxygen atoms in total. The van der Waals surface area contributed by atoms with Crippen LogP contribution in [0.1, 0.15) is 22.8 Å². The molecule has 0 bridgehead atoms. The monoisotopic (exact) mass is 511 g/mol. The standard InChI is InChI=1S/C23H18BrN3O6/c1-15(32-20-11-7-19(8-12-20)27(30)31)22(28)26-25-14-16-5-9-21(10-6-16)33-23(29)17-3-2-4-18(24)13-17/h2-15H,1H3,(H,26,28)/b25-14+. The van der Waals surface area contributed by atoms with Crippen LogP contribution < -0.4 is 14.9 Å². The highest BCUT2D eigenvalue weighted by atomic mass is 79.9. The average Bonchev–Trinajstić information content (AvgIpc) is 2.80. The molecule has 168 valence electrons. The number of nitro benzene ring substituents is 1. The molecule has 3 rings (SSSR count). The van der Waals surface area contributed by atoms with Gasteiger partial charge < -0.3 is 9.47 Å². The number of ether oxygens (including phenoxy) is 2. The van der Waals surface area contributed by atoms with Gasteiger partial charge in [0.1, 0.15) is 11.5 Å². The molecular formula is C23H18BrN3O6. The van der Waals surface area contributed by atoms with E-state index in [1.54, 1.807) is 42.5 Å². The van der Waals surface area contributed by atoms with E-state index in [0.717, 1.165) is 4.47 Å².